The summed E-state index contributed by atoms with van der Waals surface area (Å²) >= 11 is 0. The Labute approximate surface area is 135 Å². The number of benzene rings is 1. The number of rotatable bonds is 1. The highest BCUT2D eigenvalue weighted by Gasteiger charge is 2.70. The van der Waals surface area contributed by atoms with Crippen LogP contribution in [0, 0.1) is 5.41 Å². The van der Waals surface area contributed by atoms with Crippen molar-refractivity contribution in [3.63, 3.8) is 0 Å². The number of carbonyl (C=O) groups is 2. The van der Waals surface area contributed by atoms with E-state index in [1.807, 2.05) is 28.0 Å². The van der Waals surface area contributed by atoms with Crippen LogP contribution >= 0.6 is 0 Å². The number of anilines is 1. The first-order valence-electron chi connectivity index (χ1n) is 8.62. The monoisotopic (exact) mass is 308 g/mol. The van der Waals surface area contributed by atoms with Crippen LogP contribution in [0.3, 0.4) is 0 Å². The highest BCUT2D eigenvalue weighted by atomic mass is 16.2. The minimum atomic E-state index is -0.559. The number of hydrogen-bond donors (Lipinski definition) is 0. The molecule has 1 aromatic carbocycles. The van der Waals surface area contributed by atoms with Gasteiger partial charge < -0.3 is 4.90 Å². The summed E-state index contributed by atoms with van der Waals surface area (Å²) in [5.74, 6) is 0.234. The Morgan fingerprint density at radius 1 is 1.17 bits per heavy atom. The van der Waals surface area contributed by atoms with Crippen LogP contribution < -0.4 is 4.90 Å². The summed E-state index contributed by atoms with van der Waals surface area (Å²) in [7, 11) is 0. The zero-order chi connectivity index (χ0) is 15.8. The molecule has 4 aliphatic heterocycles. The van der Waals surface area contributed by atoms with Crippen molar-refractivity contribution in [3.8, 4) is 0 Å². The molecule has 4 heterocycles. The molecule has 1 unspecified atom stereocenters. The van der Waals surface area contributed by atoms with Gasteiger partial charge in [-0.1, -0.05) is 25.1 Å². The van der Waals surface area contributed by atoms with Gasteiger partial charge in [-0.05, 0) is 31.7 Å². The van der Waals surface area contributed by atoms with E-state index in [1.54, 1.807) is 6.08 Å². The van der Waals surface area contributed by atoms with Gasteiger partial charge in [-0.2, -0.15) is 0 Å². The summed E-state index contributed by atoms with van der Waals surface area (Å²) in [4.78, 5) is 29.6. The quantitative estimate of drug-likeness (QED) is 0.800. The van der Waals surface area contributed by atoms with Crippen molar-refractivity contribution in [3.05, 3.63) is 35.9 Å². The fourth-order valence-corrected chi connectivity index (χ4v) is 5.69. The smallest absolute Gasteiger partial charge is 0.249 e. The van der Waals surface area contributed by atoms with Crippen LogP contribution in [-0.2, 0) is 9.59 Å². The number of piperidine rings is 2. The fraction of sp³-hybridized carbons (Fsp3) is 0.474. The largest absolute Gasteiger partial charge is 0.311 e. The fourth-order valence-electron chi connectivity index (χ4n) is 5.69. The molecule has 118 valence electrons. The van der Waals surface area contributed by atoms with E-state index in [0.29, 0.717) is 6.42 Å². The second-order valence-corrected chi connectivity index (χ2v) is 7.20. The van der Waals surface area contributed by atoms with Gasteiger partial charge in [0.05, 0.1) is 5.69 Å². The molecule has 4 aliphatic rings. The van der Waals surface area contributed by atoms with E-state index in [9.17, 15) is 9.59 Å². The zero-order valence-electron chi connectivity index (χ0n) is 13.3. The first-order chi connectivity index (χ1) is 11.2. The molecule has 2 saturated heterocycles. The van der Waals surface area contributed by atoms with Crippen LogP contribution in [0.5, 0.6) is 0 Å². The van der Waals surface area contributed by atoms with Gasteiger partial charge in [-0.15, -0.1) is 0 Å². The summed E-state index contributed by atoms with van der Waals surface area (Å²) in [6.07, 6.45) is 6.37. The van der Waals surface area contributed by atoms with E-state index < -0.39 is 5.66 Å². The Morgan fingerprint density at radius 3 is 2.83 bits per heavy atom. The average molecular weight is 308 g/mol. The van der Waals surface area contributed by atoms with Gasteiger partial charge in [0.15, 0.2) is 5.66 Å². The molecule has 0 aliphatic carbocycles. The molecular formula is C19H20N2O2. The molecular weight excluding hydrogens is 288 g/mol. The molecule has 2 fully saturated rings. The maximum atomic E-state index is 12.9. The van der Waals surface area contributed by atoms with Crippen molar-refractivity contribution in [2.45, 2.75) is 44.7 Å². The third kappa shape index (κ3) is 1.23. The van der Waals surface area contributed by atoms with E-state index in [2.05, 4.69) is 13.0 Å². The second-order valence-electron chi connectivity index (χ2n) is 7.20. The number of nitrogens with zero attached hydrogens (tertiary/aromatic N) is 2. The molecule has 5 rings (SSSR count). The Bertz CT molecular complexity index is 783. The van der Waals surface area contributed by atoms with Crippen molar-refractivity contribution in [1.29, 1.82) is 0 Å². The predicted molar refractivity (Wildman–Crippen MR) is 87.5 cm³/mol. The summed E-state index contributed by atoms with van der Waals surface area (Å²) < 4.78 is 0. The van der Waals surface area contributed by atoms with E-state index in [1.165, 1.54) is 0 Å². The van der Waals surface area contributed by atoms with Gasteiger partial charge in [-0.3, -0.25) is 14.5 Å². The summed E-state index contributed by atoms with van der Waals surface area (Å²) in [6, 6.07) is 8.09. The van der Waals surface area contributed by atoms with Crippen LogP contribution in [0.15, 0.2) is 30.3 Å². The maximum absolute atomic E-state index is 12.9. The summed E-state index contributed by atoms with van der Waals surface area (Å²) in [5, 5.41) is 0. The number of hydrogen-bond acceptors (Lipinski definition) is 2. The van der Waals surface area contributed by atoms with Gasteiger partial charge in [0, 0.05) is 35.6 Å². The molecule has 0 N–H and O–H groups in total. The van der Waals surface area contributed by atoms with Gasteiger partial charge >= 0.3 is 0 Å². The Morgan fingerprint density at radius 2 is 2.00 bits per heavy atom. The summed E-state index contributed by atoms with van der Waals surface area (Å²) in [5.41, 5.74) is 2.54. The second kappa shape index (κ2) is 4.05. The predicted octanol–water partition coefficient (Wildman–Crippen LogP) is 2.94. The average Bonchev–Trinajstić information content (AvgIpc) is 3.02. The molecule has 0 aromatic heterocycles. The normalized spacial score (nSPS) is 34.2. The molecule has 23 heavy (non-hydrogen) atoms. The Kier molecular flexibility index (Phi) is 2.35. The number of carbonyl (C=O) groups excluding carboxylic acids is 2. The van der Waals surface area contributed by atoms with E-state index in [4.69, 9.17) is 0 Å². The minimum Gasteiger partial charge on any atom is -0.311 e. The lowest BCUT2D eigenvalue weighted by molar-refractivity contribution is -0.145. The summed E-state index contributed by atoms with van der Waals surface area (Å²) in [6.45, 7) is 2.97. The Balaban J connectivity index is 1.88. The van der Waals surface area contributed by atoms with Gasteiger partial charge in [-0.25, -0.2) is 0 Å². The lowest BCUT2D eigenvalue weighted by atomic mass is 9.60. The third-order valence-corrected chi connectivity index (χ3v) is 6.58. The number of fused-ring (bicyclic) bond motifs is 3. The topological polar surface area (TPSA) is 40.6 Å². The lowest BCUT2D eigenvalue weighted by Crippen LogP contribution is -2.73. The van der Waals surface area contributed by atoms with Crippen LogP contribution in [0.2, 0.25) is 0 Å². The number of para-hydroxylation sites is 1. The highest BCUT2D eigenvalue weighted by molar-refractivity contribution is 6.16. The Hall–Kier alpha value is -2.10. The van der Waals surface area contributed by atoms with Gasteiger partial charge in [0.1, 0.15) is 0 Å². The zero-order valence-corrected chi connectivity index (χ0v) is 13.3. The molecule has 4 nitrogen and oxygen atoms in total. The van der Waals surface area contributed by atoms with Gasteiger partial charge in [0.25, 0.3) is 0 Å². The minimum absolute atomic E-state index is 0.0177. The molecule has 4 heteroatoms. The molecule has 0 bridgehead atoms. The maximum Gasteiger partial charge on any atom is 0.249 e. The van der Waals surface area contributed by atoms with E-state index >= 15 is 0 Å². The van der Waals surface area contributed by atoms with Crippen molar-refractivity contribution in [1.82, 2.24) is 4.90 Å². The van der Waals surface area contributed by atoms with Crippen LogP contribution in [0.1, 0.15) is 44.6 Å². The highest BCUT2D eigenvalue weighted by Crippen LogP contribution is 2.66. The van der Waals surface area contributed by atoms with Crippen LogP contribution in [0.4, 0.5) is 5.69 Å². The molecule has 1 spiro atoms. The van der Waals surface area contributed by atoms with Crippen molar-refractivity contribution < 1.29 is 9.59 Å². The molecule has 1 aromatic rings. The van der Waals surface area contributed by atoms with Gasteiger partial charge in [0.2, 0.25) is 11.8 Å². The van der Waals surface area contributed by atoms with Crippen LogP contribution in [0.25, 0.3) is 5.57 Å². The number of amides is 2. The van der Waals surface area contributed by atoms with Crippen LogP contribution in [-0.4, -0.2) is 28.9 Å². The van der Waals surface area contributed by atoms with Crippen molar-refractivity contribution >= 4 is 23.1 Å². The molecule has 2 atom stereocenters. The first kappa shape index (κ1) is 13.3. The van der Waals surface area contributed by atoms with E-state index in [-0.39, 0.29) is 17.2 Å². The third-order valence-electron chi connectivity index (χ3n) is 6.58. The van der Waals surface area contributed by atoms with E-state index in [0.717, 1.165) is 49.1 Å². The SMILES string of the molecule is CC[C@@]12CCCN3C(=O)C=C4c5ccccc5N(C(=O)CC1)C432. The standard InChI is InChI=1S/C19H20N2O2/c1-2-18-9-5-11-20-17(23)12-14-13-6-3-4-7-15(13)21(19(14,18)20)16(22)8-10-18/h3-4,6-7,12H,2,5,8-11H2,1H3/t18-,19?/m1/s1. The molecule has 0 radical (unpaired) electrons. The molecule has 0 saturated carbocycles. The van der Waals surface area contributed by atoms with Crippen molar-refractivity contribution in [2.75, 3.05) is 11.4 Å². The molecule has 2 amide bonds. The van der Waals surface area contributed by atoms with Crippen molar-refractivity contribution in [2.24, 2.45) is 5.41 Å². The first-order valence-corrected chi connectivity index (χ1v) is 8.62. The lowest BCUT2D eigenvalue weighted by Gasteiger charge is -2.61.